The van der Waals surface area contributed by atoms with Gasteiger partial charge in [0.15, 0.2) is 11.5 Å². The highest BCUT2D eigenvalue weighted by atomic mass is 16.6. The number of hydrogen-bond acceptors (Lipinski definition) is 4. The van der Waals surface area contributed by atoms with Crippen LogP contribution in [-0.2, 0) is 11.3 Å². The third-order valence-electron chi connectivity index (χ3n) is 4.87. The minimum atomic E-state index is -0.622. The molecule has 1 heterocycles. The van der Waals surface area contributed by atoms with Crippen molar-refractivity contribution in [3.05, 3.63) is 54.1 Å². The first-order chi connectivity index (χ1) is 12.7. The minimum absolute atomic E-state index is 0.00896. The van der Waals surface area contributed by atoms with Crippen LogP contribution < -0.4 is 14.2 Å². The Morgan fingerprint density at radius 3 is 2.35 bits per heavy atom. The van der Waals surface area contributed by atoms with Gasteiger partial charge in [-0.05, 0) is 49.6 Å². The van der Waals surface area contributed by atoms with Crippen molar-refractivity contribution in [2.45, 2.75) is 44.6 Å². The van der Waals surface area contributed by atoms with Crippen LogP contribution in [-0.4, -0.2) is 36.2 Å². The Hall–Kier alpha value is -2.69. The lowest BCUT2D eigenvalue weighted by atomic mass is 10.1. The molecule has 0 saturated heterocycles. The zero-order chi connectivity index (χ0) is 18.1. The first-order valence-corrected chi connectivity index (χ1v) is 9.01. The van der Waals surface area contributed by atoms with Gasteiger partial charge in [0.05, 0.1) is 7.11 Å². The van der Waals surface area contributed by atoms with Gasteiger partial charge in [-0.2, -0.15) is 0 Å². The van der Waals surface area contributed by atoms with Gasteiger partial charge >= 0.3 is 0 Å². The Morgan fingerprint density at radius 2 is 1.73 bits per heavy atom. The van der Waals surface area contributed by atoms with E-state index >= 15 is 0 Å². The maximum absolute atomic E-state index is 13.2. The van der Waals surface area contributed by atoms with E-state index in [0.717, 1.165) is 24.2 Å². The zero-order valence-corrected chi connectivity index (χ0v) is 15.1. The molecule has 2 aromatic rings. The van der Waals surface area contributed by atoms with Gasteiger partial charge in [-0.15, -0.1) is 0 Å². The van der Waals surface area contributed by atoms with E-state index in [1.54, 1.807) is 7.11 Å². The fourth-order valence-corrected chi connectivity index (χ4v) is 3.26. The van der Waals surface area contributed by atoms with Gasteiger partial charge in [0.2, 0.25) is 6.10 Å². The number of benzene rings is 2. The molecule has 0 N–H and O–H groups in total. The first kappa shape index (κ1) is 16.8. The van der Waals surface area contributed by atoms with E-state index in [2.05, 4.69) is 0 Å². The van der Waals surface area contributed by atoms with Crippen LogP contribution in [0.3, 0.4) is 0 Å². The second-order valence-corrected chi connectivity index (χ2v) is 6.85. The number of fused-ring (bicyclic) bond motifs is 1. The summed E-state index contributed by atoms with van der Waals surface area (Å²) in [5.74, 6) is 2.12. The summed E-state index contributed by atoms with van der Waals surface area (Å²) < 4.78 is 17.1. The summed E-state index contributed by atoms with van der Waals surface area (Å²) in [6, 6.07) is 15.6. The summed E-state index contributed by atoms with van der Waals surface area (Å²) >= 11 is 0. The third-order valence-corrected chi connectivity index (χ3v) is 4.87. The summed E-state index contributed by atoms with van der Waals surface area (Å²) in [4.78, 5) is 15.2. The van der Waals surface area contributed by atoms with Crippen molar-refractivity contribution >= 4 is 5.91 Å². The summed E-state index contributed by atoms with van der Waals surface area (Å²) in [7, 11) is 1.65. The molecule has 1 aliphatic heterocycles. The van der Waals surface area contributed by atoms with Crippen LogP contribution in [0.25, 0.3) is 0 Å². The second kappa shape index (κ2) is 6.90. The molecule has 1 saturated carbocycles. The number of methoxy groups -OCH3 is 1. The lowest BCUT2D eigenvalue weighted by Crippen LogP contribution is -2.51. The van der Waals surface area contributed by atoms with E-state index in [1.807, 2.05) is 60.4 Å². The number of amides is 1. The number of carbonyl (C=O) groups excluding carboxylic acids is 1. The maximum Gasteiger partial charge on any atom is 0.268 e. The normalized spacial score (nSPS) is 21.2. The summed E-state index contributed by atoms with van der Waals surface area (Å²) in [5, 5.41) is 0. The molecule has 2 aromatic carbocycles. The molecule has 0 spiro atoms. The highest BCUT2D eigenvalue weighted by molar-refractivity contribution is 5.83. The number of hydrogen-bond donors (Lipinski definition) is 0. The van der Waals surface area contributed by atoms with Crippen LogP contribution in [0.4, 0.5) is 0 Å². The molecular weight excluding hydrogens is 330 g/mol. The predicted molar refractivity (Wildman–Crippen MR) is 97.5 cm³/mol. The number of carbonyl (C=O) groups is 1. The molecule has 0 bridgehead atoms. The fraction of sp³-hybridized carbons (Fsp3) is 0.381. The predicted octanol–water partition coefficient (Wildman–Crippen LogP) is 3.41. The third kappa shape index (κ3) is 3.34. The lowest BCUT2D eigenvalue weighted by molar-refractivity contribution is -0.145. The molecule has 5 heteroatoms. The van der Waals surface area contributed by atoms with Crippen LogP contribution in [0.2, 0.25) is 0 Å². The molecule has 0 aromatic heterocycles. The average Bonchev–Trinajstić information content (AvgIpc) is 3.50. The Balaban J connectivity index is 1.52. The smallest absolute Gasteiger partial charge is 0.268 e. The minimum Gasteiger partial charge on any atom is -0.497 e. The standard InChI is InChI=1S/C21H23NO4/c1-14-20(26-19-6-4-3-5-18(19)25-14)21(23)22(16-9-10-16)13-15-7-11-17(24-2)12-8-15/h3-8,11-12,14,16,20H,9-10,13H2,1-2H3. The van der Waals surface area contributed by atoms with Crippen LogP contribution in [0.5, 0.6) is 17.2 Å². The molecule has 136 valence electrons. The molecule has 2 aliphatic rings. The van der Waals surface area contributed by atoms with Gasteiger partial charge in [0, 0.05) is 12.6 Å². The van der Waals surface area contributed by atoms with Gasteiger partial charge in [-0.1, -0.05) is 24.3 Å². The van der Waals surface area contributed by atoms with E-state index in [9.17, 15) is 4.79 Å². The van der Waals surface area contributed by atoms with Crippen molar-refractivity contribution in [1.82, 2.24) is 4.90 Å². The van der Waals surface area contributed by atoms with Crippen molar-refractivity contribution in [1.29, 1.82) is 0 Å². The Bertz CT molecular complexity index is 785. The quantitative estimate of drug-likeness (QED) is 0.826. The van der Waals surface area contributed by atoms with Gasteiger partial charge in [-0.25, -0.2) is 0 Å². The average molecular weight is 353 g/mol. The van der Waals surface area contributed by atoms with Gasteiger partial charge in [-0.3, -0.25) is 4.79 Å². The highest BCUT2D eigenvalue weighted by Crippen LogP contribution is 2.36. The molecule has 5 nitrogen and oxygen atoms in total. The summed E-state index contributed by atoms with van der Waals surface area (Å²) in [6.45, 7) is 2.46. The SMILES string of the molecule is COc1ccc(CN(C(=O)C2Oc3ccccc3OC2C)C2CC2)cc1. The maximum atomic E-state index is 13.2. The topological polar surface area (TPSA) is 48.0 Å². The fourth-order valence-electron chi connectivity index (χ4n) is 3.26. The zero-order valence-electron chi connectivity index (χ0n) is 15.1. The Morgan fingerprint density at radius 1 is 1.08 bits per heavy atom. The van der Waals surface area contributed by atoms with E-state index in [4.69, 9.17) is 14.2 Å². The molecule has 2 unspecified atom stereocenters. The lowest BCUT2D eigenvalue weighted by Gasteiger charge is -2.34. The van der Waals surface area contributed by atoms with Crippen molar-refractivity contribution in [2.75, 3.05) is 7.11 Å². The Kier molecular flexibility index (Phi) is 4.45. The Labute approximate surface area is 153 Å². The number of rotatable bonds is 5. The van der Waals surface area contributed by atoms with Crippen molar-refractivity contribution in [3.8, 4) is 17.2 Å². The molecule has 1 amide bonds. The first-order valence-electron chi connectivity index (χ1n) is 9.01. The van der Waals surface area contributed by atoms with Crippen LogP contribution in [0.1, 0.15) is 25.3 Å². The molecule has 1 fully saturated rings. The highest BCUT2D eigenvalue weighted by Gasteiger charge is 2.41. The molecular formula is C21H23NO4. The van der Waals surface area contributed by atoms with Crippen LogP contribution >= 0.6 is 0 Å². The molecule has 4 rings (SSSR count). The summed E-state index contributed by atoms with van der Waals surface area (Å²) in [6.07, 6.45) is 1.14. The molecule has 1 aliphatic carbocycles. The van der Waals surface area contributed by atoms with Crippen molar-refractivity contribution in [2.24, 2.45) is 0 Å². The summed E-state index contributed by atoms with van der Waals surface area (Å²) in [5.41, 5.74) is 1.08. The molecule has 2 atom stereocenters. The van der Waals surface area contributed by atoms with Gasteiger partial charge in [0.1, 0.15) is 11.9 Å². The largest absolute Gasteiger partial charge is 0.497 e. The van der Waals surface area contributed by atoms with Crippen LogP contribution in [0, 0.1) is 0 Å². The van der Waals surface area contributed by atoms with Gasteiger partial charge < -0.3 is 19.1 Å². The second-order valence-electron chi connectivity index (χ2n) is 6.85. The number of ether oxygens (including phenoxy) is 3. The van der Waals surface area contributed by atoms with E-state index in [0.29, 0.717) is 18.0 Å². The van der Waals surface area contributed by atoms with Crippen molar-refractivity contribution < 1.29 is 19.0 Å². The van der Waals surface area contributed by atoms with E-state index < -0.39 is 6.10 Å². The van der Waals surface area contributed by atoms with Crippen molar-refractivity contribution in [3.63, 3.8) is 0 Å². The molecule has 26 heavy (non-hydrogen) atoms. The monoisotopic (exact) mass is 353 g/mol. The van der Waals surface area contributed by atoms with Gasteiger partial charge in [0.25, 0.3) is 5.91 Å². The number of nitrogens with zero attached hydrogens (tertiary/aromatic N) is 1. The number of para-hydroxylation sites is 2. The van der Waals surface area contributed by atoms with Crippen LogP contribution in [0.15, 0.2) is 48.5 Å². The van der Waals surface area contributed by atoms with E-state index in [1.165, 1.54) is 0 Å². The van der Waals surface area contributed by atoms with E-state index in [-0.39, 0.29) is 18.1 Å². The molecule has 0 radical (unpaired) electrons.